The Balaban J connectivity index is 5.38. The molecule has 2 heteroatoms. The van der Waals surface area contributed by atoms with Gasteiger partial charge in [-0.05, 0) is 76.0 Å². The lowest BCUT2D eigenvalue weighted by Gasteiger charge is -2.09. The van der Waals surface area contributed by atoms with E-state index in [2.05, 4.69) is 39.8 Å². The van der Waals surface area contributed by atoms with Crippen LogP contribution < -0.4 is 0 Å². The highest BCUT2D eigenvalue weighted by molar-refractivity contribution is 5.42. The van der Waals surface area contributed by atoms with Crippen LogP contribution in [0.2, 0.25) is 0 Å². The van der Waals surface area contributed by atoms with E-state index in [4.69, 9.17) is 9.47 Å². The van der Waals surface area contributed by atoms with Gasteiger partial charge in [-0.3, -0.25) is 0 Å². The second-order valence-corrected chi connectivity index (χ2v) is 4.53. The highest BCUT2D eigenvalue weighted by atomic mass is 16.5. The summed E-state index contributed by atoms with van der Waals surface area (Å²) in [6.45, 7) is 12.4. The van der Waals surface area contributed by atoms with Crippen molar-refractivity contribution in [2.24, 2.45) is 0 Å². The van der Waals surface area contributed by atoms with Gasteiger partial charge in [0.15, 0.2) is 0 Å². The lowest BCUT2D eigenvalue weighted by Crippen LogP contribution is -1.91. The van der Waals surface area contributed by atoms with Crippen molar-refractivity contribution in [1.29, 1.82) is 0 Å². The summed E-state index contributed by atoms with van der Waals surface area (Å²) in [5.41, 5.74) is 4.97. The average Bonchev–Trinajstić information content (AvgIpc) is 2.36. The molecule has 0 atom stereocenters. The molecule has 102 valence electrons. The van der Waals surface area contributed by atoms with E-state index in [1.165, 1.54) is 22.3 Å². The van der Waals surface area contributed by atoms with E-state index < -0.39 is 0 Å². The topological polar surface area (TPSA) is 18.5 Å². The second kappa shape index (κ2) is 7.80. The first-order chi connectivity index (χ1) is 8.33. The molecular formula is C16H26O2. The Morgan fingerprint density at radius 1 is 0.611 bits per heavy atom. The van der Waals surface area contributed by atoms with Crippen LogP contribution in [-0.4, -0.2) is 14.2 Å². The first-order valence-corrected chi connectivity index (χ1v) is 6.13. The zero-order valence-electron chi connectivity index (χ0n) is 13.0. The second-order valence-electron chi connectivity index (χ2n) is 4.53. The fourth-order valence-electron chi connectivity index (χ4n) is 1.54. The summed E-state index contributed by atoms with van der Waals surface area (Å²) in [5, 5.41) is 0. The zero-order valence-corrected chi connectivity index (χ0v) is 13.0. The molecule has 0 amide bonds. The molecule has 0 N–H and O–H groups in total. The Labute approximate surface area is 112 Å². The fraction of sp³-hybridized carbons (Fsp3) is 0.500. The Morgan fingerprint density at radius 2 is 0.889 bits per heavy atom. The summed E-state index contributed by atoms with van der Waals surface area (Å²) in [6.07, 6.45) is 4.11. The SMILES string of the molecule is CO/C(C)=C/C(C)=C(C)/C(C)=C(C)/C=C(\C)OC. The largest absolute Gasteiger partial charge is 0.501 e. The maximum absolute atomic E-state index is 5.17. The van der Waals surface area contributed by atoms with Gasteiger partial charge in [-0.15, -0.1) is 0 Å². The van der Waals surface area contributed by atoms with E-state index in [1.54, 1.807) is 14.2 Å². The molecule has 18 heavy (non-hydrogen) atoms. The normalized spacial score (nSPS) is 16.0. The van der Waals surface area contributed by atoms with Crippen molar-refractivity contribution >= 4 is 0 Å². The molecule has 0 aliphatic rings. The van der Waals surface area contributed by atoms with Gasteiger partial charge >= 0.3 is 0 Å². The summed E-state index contributed by atoms with van der Waals surface area (Å²) in [4.78, 5) is 0. The van der Waals surface area contributed by atoms with Gasteiger partial charge in [-0.25, -0.2) is 0 Å². The first-order valence-electron chi connectivity index (χ1n) is 6.13. The Hall–Kier alpha value is -1.44. The molecular weight excluding hydrogens is 224 g/mol. The van der Waals surface area contributed by atoms with Crippen molar-refractivity contribution in [3.63, 3.8) is 0 Å². The monoisotopic (exact) mass is 250 g/mol. The number of ether oxygens (including phenoxy) is 2. The lowest BCUT2D eigenvalue weighted by atomic mass is 9.98. The van der Waals surface area contributed by atoms with Gasteiger partial charge in [0.25, 0.3) is 0 Å². The number of hydrogen-bond acceptors (Lipinski definition) is 2. The van der Waals surface area contributed by atoms with Crippen LogP contribution in [0.1, 0.15) is 41.5 Å². The molecule has 0 spiro atoms. The van der Waals surface area contributed by atoms with Gasteiger partial charge in [0.05, 0.1) is 25.7 Å². The third-order valence-corrected chi connectivity index (χ3v) is 3.23. The summed E-state index contributed by atoms with van der Waals surface area (Å²) in [7, 11) is 3.38. The molecule has 2 nitrogen and oxygen atoms in total. The number of rotatable bonds is 5. The summed E-state index contributed by atoms with van der Waals surface area (Å²) in [5.74, 6) is 1.84. The van der Waals surface area contributed by atoms with Crippen LogP contribution in [-0.2, 0) is 9.47 Å². The molecule has 0 rings (SSSR count). The molecule has 0 aromatic carbocycles. The highest BCUT2D eigenvalue weighted by Gasteiger charge is 2.02. The van der Waals surface area contributed by atoms with E-state index in [0.717, 1.165) is 11.5 Å². The zero-order chi connectivity index (χ0) is 14.3. The molecule has 0 saturated heterocycles. The van der Waals surface area contributed by atoms with E-state index in [-0.39, 0.29) is 0 Å². The Bertz CT molecular complexity index is 367. The fourth-order valence-corrected chi connectivity index (χ4v) is 1.54. The maximum atomic E-state index is 5.17. The molecule has 0 unspecified atom stereocenters. The van der Waals surface area contributed by atoms with Gasteiger partial charge in [0.2, 0.25) is 0 Å². The molecule has 0 aliphatic carbocycles. The third-order valence-electron chi connectivity index (χ3n) is 3.23. The van der Waals surface area contributed by atoms with Gasteiger partial charge in [-0.1, -0.05) is 0 Å². The smallest absolute Gasteiger partial charge is 0.0927 e. The maximum Gasteiger partial charge on any atom is 0.0927 e. The summed E-state index contributed by atoms with van der Waals surface area (Å²) >= 11 is 0. The number of hydrogen-bond donors (Lipinski definition) is 0. The standard InChI is InChI=1S/C16H26O2/c1-11(9-13(3)17-7)15(5)16(6)12(2)10-14(4)18-8/h9-10H,1-8H3/b13-9+,14-10+,15-11+,16-12+. The van der Waals surface area contributed by atoms with Gasteiger partial charge in [0, 0.05) is 0 Å². The van der Waals surface area contributed by atoms with Crippen molar-refractivity contribution in [1.82, 2.24) is 0 Å². The Kier molecular flexibility index (Phi) is 7.18. The van der Waals surface area contributed by atoms with E-state index >= 15 is 0 Å². The minimum absolute atomic E-state index is 0.918. The van der Waals surface area contributed by atoms with Crippen LogP contribution in [0.4, 0.5) is 0 Å². The molecule has 0 aromatic heterocycles. The Morgan fingerprint density at radius 3 is 1.11 bits per heavy atom. The summed E-state index contributed by atoms with van der Waals surface area (Å²) in [6, 6.07) is 0. The average molecular weight is 250 g/mol. The number of methoxy groups -OCH3 is 2. The first kappa shape index (κ1) is 16.6. The lowest BCUT2D eigenvalue weighted by molar-refractivity contribution is 0.293. The predicted octanol–water partition coefficient (Wildman–Crippen LogP) is 4.76. The van der Waals surface area contributed by atoms with Gasteiger partial charge < -0.3 is 9.47 Å². The molecule has 0 saturated carbocycles. The molecule has 0 aliphatic heterocycles. The number of allylic oxidation sites excluding steroid dienone is 8. The van der Waals surface area contributed by atoms with Gasteiger partial charge in [0.1, 0.15) is 0 Å². The molecule has 0 heterocycles. The van der Waals surface area contributed by atoms with Crippen LogP contribution in [0.15, 0.2) is 46.0 Å². The third kappa shape index (κ3) is 5.26. The van der Waals surface area contributed by atoms with Crippen LogP contribution in [0.3, 0.4) is 0 Å². The van der Waals surface area contributed by atoms with Crippen LogP contribution in [0, 0.1) is 0 Å². The highest BCUT2D eigenvalue weighted by Crippen LogP contribution is 2.20. The van der Waals surface area contributed by atoms with E-state index in [1.807, 2.05) is 13.8 Å². The molecule has 0 fully saturated rings. The van der Waals surface area contributed by atoms with E-state index in [9.17, 15) is 0 Å². The quantitative estimate of drug-likeness (QED) is 0.517. The van der Waals surface area contributed by atoms with E-state index in [0.29, 0.717) is 0 Å². The summed E-state index contributed by atoms with van der Waals surface area (Å²) < 4.78 is 10.3. The van der Waals surface area contributed by atoms with Crippen molar-refractivity contribution in [2.75, 3.05) is 14.2 Å². The predicted molar refractivity (Wildman–Crippen MR) is 78.3 cm³/mol. The van der Waals surface area contributed by atoms with Crippen LogP contribution in [0.25, 0.3) is 0 Å². The van der Waals surface area contributed by atoms with Crippen molar-refractivity contribution in [2.45, 2.75) is 41.5 Å². The minimum Gasteiger partial charge on any atom is -0.501 e. The minimum atomic E-state index is 0.918. The molecule has 0 bridgehead atoms. The van der Waals surface area contributed by atoms with Crippen molar-refractivity contribution < 1.29 is 9.47 Å². The molecule has 0 radical (unpaired) electrons. The van der Waals surface area contributed by atoms with Crippen LogP contribution >= 0.6 is 0 Å². The van der Waals surface area contributed by atoms with Crippen molar-refractivity contribution in [3.05, 3.63) is 46.0 Å². The van der Waals surface area contributed by atoms with Crippen molar-refractivity contribution in [3.8, 4) is 0 Å². The van der Waals surface area contributed by atoms with Crippen LogP contribution in [0.5, 0.6) is 0 Å². The molecule has 0 aromatic rings. The van der Waals surface area contributed by atoms with Gasteiger partial charge in [-0.2, -0.15) is 0 Å².